The summed E-state index contributed by atoms with van der Waals surface area (Å²) in [5.41, 5.74) is 4.71. The maximum atomic E-state index is 12.0. The van der Waals surface area contributed by atoms with Gasteiger partial charge < -0.3 is 0 Å². The molecule has 3 nitrogen and oxygen atoms in total. The van der Waals surface area contributed by atoms with Crippen molar-refractivity contribution in [2.75, 3.05) is 0 Å². The molecule has 2 rings (SSSR count). The van der Waals surface area contributed by atoms with Crippen LogP contribution >= 0.6 is 23.2 Å². The molecule has 0 radical (unpaired) electrons. The number of hydrazone groups is 1. The van der Waals surface area contributed by atoms with Crippen LogP contribution in [0.4, 0.5) is 0 Å². The molecule has 0 heterocycles. The van der Waals surface area contributed by atoms with Gasteiger partial charge in [-0.2, -0.15) is 5.10 Å². The zero-order valence-corrected chi connectivity index (χ0v) is 12.9. The summed E-state index contributed by atoms with van der Waals surface area (Å²) in [7, 11) is 0. The molecule has 21 heavy (non-hydrogen) atoms. The lowest BCUT2D eigenvalue weighted by Crippen LogP contribution is -2.19. The average Bonchev–Trinajstić information content (AvgIpc) is 2.48. The van der Waals surface area contributed by atoms with E-state index >= 15 is 0 Å². The van der Waals surface area contributed by atoms with Crippen LogP contribution in [-0.2, 0) is 0 Å². The van der Waals surface area contributed by atoms with Gasteiger partial charge in [-0.1, -0.05) is 42.3 Å². The largest absolute Gasteiger partial charge is 0.271 e. The van der Waals surface area contributed by atoms with Crippen molar-refractivity contribution in [2.45, 2.75) is 13.3 Å². The number of carbonyl (C=O) groups excluding carboxylic acids is 1. The van der Waals surface area contributed by atoms with Crippen LogP contribution in [0.15, 0.2) is 53.6 Å². The molecule has 0 aliphatic carbocycles. The lowest BCUT2D eigenvalue weighted by atomic mass is 10.1. The van der Waals surface area contributed by atoms with Gasteiger partial charge in [-0.15, -0.1) is 0 Å². The monoisotopic (exact) mass is 320 g/mol. The second kappa shape index (κ2) is 7.25. The minimum atomic E-state index is -0.278. The fourth-order valence-electron chi connectivity index (χ4n) is 1.80. The minimum absolute atomic E-state index is 0.278. The van der Waals surface area contributed by atoms with E-state index in [1.165, 1.54) is 0 Å². The minimum Gasteiger partial charge on any atom is -0.267 e. The molecule has 1 N–H and O–H groups in total. The molecule has 0 fully saturated rings. The van der Waals surface area contributed by atoms with E-state index in [-0.39, 0.29) is 5.91 Å². The van der Waals surface area contributed by atoms with E-state index in [0.29, 0.717) is 22.0 Å². The molecular weight excluding hydrogens is 307 g/mol. The molecule has 0 saturated heterocycles. The maximum Gasteiger partial charge on any atom is 0.271 e. The first kappa shape index (κ1) is 15.5. The van der Waals surface area contributed by atoms with Crippen LogP contribution in [0, 0.1) is 0 Å². The highest BCUT2D eigenvalue weighted by molar-refractivity contribution is 6.31. The number of hydrogen-bond acceptors (Lipinski definition) is 2. The Labute approximate surface area is 133 Å². The van der Waals surface area contributed by atoms with Crippen LogP contribution in [0.2, 0.25) is 10.0 Å². The topological polar surface area (TPSA) is 41.5 Å². The lowest BCUT2D eigenvalue weighted by molar-refractivity contribution is 0.0955. The van der Waals surface area contributed by atoms with Crippen LogP contribution in [0.5, 0.6) is 0 Å². The molecule has 0 aromatic heterocycles. The Kier molecular flexibility index (Phi) is 5.37. The molecule has 0 saturated carbocycles. The van der Waals surface area contributed by atoms with Gasteiger partial charge in [0.15, 0.2) is 0 Å². The summed E-state index contributed by atoms with van der Waals surface area (Å²) in [6.45, 7) is 1.97. The summed E-state index contributed by atoms with van der Waals surface area (Å²) >= 11 is 11.8. The number of carbonyl (C=O) groups is 1. The predicted molar refractivity (Wildman–Crippen MR) is 87.2 cm³/mol. The van der Waals surface area contributed by atoms with E-state index in [0.717, 1.165) is 11.3 Å². The summed E-state index contributed by atoms with van der Waals surface area (Å²) < 4.78 is 0. The zero-order valence-electron chi connectivity index (χ0n) is 11.4. The third kappa shape index (κ3) is 4.31. The SMILES string of the molecule is CC/C(=N\NC(=O)c1ccc(Cl)cc1)c1cccc(Cl)c1. The predicted octanol–water partition coefficient (Wildman–Crippen LogP) is 4.54. The summed E-state index contributed by atoms with van der Waals surface area (Å²) in [4.78, 5) is 12.0. The Hall–Kier alpha value is -1.84. The normalized spacial score (nSPS) is 11.3. The first-order valence-electron chi connectivity index (χ1n) is 6.48. The molecule has 5 heteroatoms. The Morgan fingerprint density at radius 3 is 2.38 bits per heavy atom. The Bertz CT molecular complexity index is 666. The van der Waals surface area contributed by atoms with Gasteiger partial charge in [0.2, 0.25) is 0 Å². The molecule has 108 valence electrons. The van der Waals surface area contributed by atoms with Gasteiger partial charge in [-0.25, -0.2) is 5.43 Å². The first-order chi connectivity index (χ1) is 10.1. The van der Waals surface area contributed by atoms with Crippen molar-refractivity contribution in [3.8, 4) is 0 Å². The van der Waals surface area contributed by atoms with E-state index in [2.05, 4.69) is 10.5 Å². The van der Waals surface area contributed by atoms with E-state index in [1.54, 1.807) is 30.3 Å². The van der Waals surface area contributed by atoms with Gasteiger partial charge in [0.1, 0.15) is 0 Å². The number of halogens is 2. The van der Waals surface area contributed by atoms with Crippen LogP contribution in [0.25, 0.3) is 0 Å². The third-order valence-corrected chi connectivity index (χ3v) is 3.38. The molecule has 1 amide bonds. The van der Waals surface area contributed by atoms with Gasteiger partial charge in [-0.05, 0) is 48.4 Å². The van der Waals surface area contributed by atoms with Crippen LogP contribution in [0.1, 0.15) is 29.3 Å². The summed E-state index contributed by atoms with van der Waals surface area (Å²) in [6, 6.07) is 14.0. The van der Waals surface area contributed by atoms with Crippen LogP contribution in [-0.4, -0.2) is 11.6 Å². The summed E-state index contributed by atoms with van der Waals surface area (Å²) in [6.07, 6.45) is 0.682. The molecule has 0 unspecified atom stereocenters. The number of rotatable bonds is 4. The number of hydrogen-bond donors (Lipinski definition) is 1. The Morgan fingerprint density at radius 2 is 1.76 bits per heavy atom. The molecule has 2 aromatic rings. The third-order valence-electron chi connectivity index (χ3n) is 2.89. The van der Waals surface area contributed by atoms with E-state index < -0.39 is 0 Å². The molecule has 0 atom stereocenters. The molecule has 0 aliphatic rings. The van der Waals surface area contributed by atoms with Gasteiger partial charge in [-0.3, -0.25) is 4.79 Å². The Morgan fingerprint density at radius 1 is 1.05 bits per heavy atom. The smallest absolute Gasteiger partial charge is 0.267 e. The number of nitrogens with one attached hydrogen (secondary N) is 1. The number of amides is 1. The fourth-order valence-corrected chi connectivity index (χ4v) is 2.12. The standard InChI is InChI=1S/C16H14Cl2N2O/c1-2-15(12-4-3-5-14(18)10-12)19-20-16(21)11-6-8-13(17)9-7-11/h3-10H,2H2,1H3,(H,20,21)/b19-15+. The average molecular weight is 321 g/mol. The van der Waals surface area contributed by atoms with E-state index in [9.17, 15) is 4.79 Å². The van der Waals surface area contributed by atoms with Crippen molar-refractivity contribution in [3.05, 3.63) is 69.7 Å². The number of benzene rings is 2. The van der Waals surface area contributed by atoms with Crippen molar-refractivity contribution >= 4 is 34.8 Å². The van der Waals surface area contributed by atoms with Crippen molar-refractivity contribution in [3.63, 3.8) is 0 Å². The van der Waals surface area contributed by atoms with Gasteiger partial charge >= 0.3 is 0 Å². The van der Waals surface area contributed by atoms with Gasteiger partial charge in [0.25, 0.3) is 5.91 Å². The molecular formula is C16H14Cl2N2O. The van der Waals surface area contributed by atoms with Gasteiger partial charge in [0, 0.05) is 15.6 Å². The van der Waals surface area contributed by atoms with Gasteiger partial charge in [0.05, 0.1) is 5.71 Å². The highest BCUT2D eigenvalue weighted by Gasteiger charge is 2.06. The fraction of sp³-hybridized carbons (Fsp3) is 0.125. The molecule has 0 bridgehead atoms. The summed E-state index contributed by atoms with van der Waals surface area (Å²) in [5, 5.41) is 5.40. The quantitative estimate of drug-likeness (QED) is 0.652. The summed E-state index contributed by atoms with van der Waals surface area (Å²) in [5.74, 6) is -0.278. The lowest BCUT2D eigenvalue weighted by Gasteiger charge is -2.06. The van der Waals surface area contributed by atoms with Crippen LogP contribution < -0.4 is 5.43 Å². The van der Waals surface area contributed by atoms with E-state index in [1.807, 2.05) is 25.1 Å². The second-order valence-corrected chi connectivity index (χ2v) is 5.24. The molecule has 0 aliphatic heterocycles. The second-order valence-electron chi connectivity index (χ2n) is 4.37. The highest BCUT2D eigenvalue weighted by Crippen LogP contribution is 2.13. The van der Waals surface area contributed by atoms with Crippen molar-refractivity contribution in [1.29, 1.82) is 0 Å². The van der Waals surface area contributed by atoms with E-state index in [4.69, 9.17) is 23.2 Å². The zero-order chi connectivity index (χ0) is 15.2. The maximum absolute atomic E-state index is 12.0. The molecule has 0 spiro atoms. The van der Waals surface area contributed by atoms with Crippen LogP contribution in [0.3, 0.4) is 0 Å². The van der Waals surface area contributed by atoms with Crippen molar-refractivity contribution in [1.82, 2.24) is 5.43 Å². The first-order valence-corrected chi connectivity index (χ1v) is 7.24. The Balaban J connectivity index is 2.14. The van der Waals surface area contributed by atoms with Crippen molar-refractivity contribution < 1.29 is 4.79 Å². The number of nitrogens with zero attached hydrogens (tertiary/aromatic N) is 1. The van der Waals surface area contributed by atoms with Crippen molar-refractivity contribution in [2.24, 2.45) is 5.10 Å². The highest BCUT2D eigenvalue weighted by atomic mass is 35.5. The molecule has 2 aromatic carbocycles.